The van der Waals surface area contributed by atoms with Crippen LogP contribution in [0.2, 0.25) is 0 Å². The SMILES string of the molecule is CNCC1CCN(C(=O)CCc2cc(F)ccc2F)C1. The maximum Gasteiger partial charge on any atom is 0.222 e. The zero-order chi connectivity index (χ0) is 14.5. The molecule has 1 amide bonds. The lowest BCUT2D eigenvalue weighted by atomic mass is 10.1. The molecule has 1 aromatic rings. The highest BCUT2D eigenvalue weighted by atomic mass is 19.1. The summed E-state index contributed by atoms with van der Waals surface area (Å²) in [5.41, 5.74) is 0.268. The van der Waals surface area contributed by atoms with Crippen LogP contribution in [0.1, 0.15) is 18.4 Å². The number of aryl methyl sites for hydroxylation is 1. The number of halogens is 2. The minimum absolute atomic E-state index is 0.0206. The Hall–Kier alpha value is -1.49. The van der Waals surface area contributed by atoms with Crippen LogP contribution in [0, 0.1) is 17.6 Å². The van der Waals surface area contributed by atoms with E-state index in [9.17, 15) is 13.6 Å². The van der Waals surface area contributed by atoms with Gasteiger partial charge in [-0.05, 0) is 56.1 Å². The fourth-order valence-electron chi connectivity index (χ4n) is 2.65. The van der Waals surface area contributed by atoms with Gasteiger partial charge in [-0.3, -0.25) is 4.79 Å². The molecule has 1 atom stereocenters. The number of hydrogen-bond acceptors (Lipinski definition) is 2. The Morgan fingerprint density at radius 3 is 3.00 bits per heavy atom. The summed E-state index contributed by atoms with van der Waals surface area (Å²) in [6.45, 7) is 2.42. The first-order valence-corrected chi connectivity index (χ1v) is 6.96. The molecule has 1 heterocycles. The third-order valence-corrected chi connectivity index (χ3v) is 3.75. The van der Waals surface area contributed by atoms with Crippen molar-refractivity contribution in [2.45, 2.75) is 19.3 Å². The van der Waals surface area contributed by atoms with E-state index in [1.165, 1.54) is 0 Å². The van der Waals surface area contributed by atoms with Gasteiger partial charge in [0.15, 0.2) is 0 Å². The summed E-state index contributed by atoms with van der Waals surface area (Å²) >= 11 is 0. The maximum absolute atomic E-state index is 13.5. The number of likely N-dealkylation sites (tertiary alicyclic amines) is 1. The second-order valence-electron chi connectivity index (χ2n) is 5.29. The largest absolute Gasteiger partial charge is 0.342 e. The lowest BCUT2D eigenvalue weighted by Gasteiger charge is -2.16. The smallest absolute Gasteiger partial charge is 0.222 e. The molecule has 5 heteroatoms. The molecule has 2 rings (SSSR count). The zero-order valence-electron chi connectivity index (χ0n) is 11.7. The van der Waals surface area contributed by atoms with E-state index in [0.29, 0.717) is 5.92 Å². The van der Waals surface area contributed by atoms with Crippen molar-refractivity contribution in [3.05, 3.63) is 35.4 Å². The van der Waals surface area contributed by atoms with E-state index < -0.39 is 11.6 Å². The van der Waals surface area contributed by atoms with Crippen molar-refractivity contribution in [2.75, 3.05) is 26.7 Å². The number of carbonyl (C=O) groups is 1. The second-order valence-corrected chi connectivity index (χ2v) is 5.29. The van der Waals surface area contributed by atoms with Crippen molar-refractivity contribution >= 4 is 5.91 Å². The number of nitrogens with zero attached hydrogens (tertiary/aromatic N) is 1. The van der Waals surface area contributed by atoms with E-state index in [4.69, 9.17) is 0 Å². The van der Waals surface area contributed by atoms with Crippen molar-refractivity contribution in [1.82, 2.24) is 10.2 Å². The highest BCUT2D eigenvalue weighted by molar-refractivity contribution is 5.76. The van der Waals surface area contributed by atoms with Crippen LogP contribution in [-0.4, -0.2) is 37.5 Å². The van der Waals surface area contributed by atoms with Crippen LogP contribution in [0.3, 0.4) is 0 Å². The van der Waals surface area contributed by atoms with Gasteiger partial charge < -0.3 is 10.2 Å². The van der Waals surface area contributed by atoms with Gasteiger partial charge >= 0.3 is 0 Å². The Bertz CT molecular complexity index is 479. The van der Waals surface area contributed by atoms with Gasteiger partial charge in [-0.1, -0.05) is 0 Å². The Morgan fingerprint density at radius 2 is 2.25 bits per heavy atom. The minimum Gasteiger partial charge on any atom is -0.342 e. The average molecular weight is 282 g/mol. The first kappa shape index (κ1) is 14.9. The number of rotatable bonds is 5. The van der Waals surface area contributed by atoms with Crippen LogP contribution in [0.25, 0.3) is 0 Å². The Labute approximate surface area is 118 Å². The monoisotopic (exact) mass is 282 g/mol. The lowest BCUT2D eigenvalue weighted by Crippen LogP contribution is -2.30. The maximum atomic E-state index is 13.5. The molecule has 1 unspecified atom stereocenters. The summed E-state index contributed by atoms with van der Waals surface area (Å²) in [4.78, 5) is 13.9. The van der Waals surface area contributed by atoms with Crippen LogP contribution in [0.4, 0.5) is 8.78 Å². The normalized spacial score (nSPS) is 18.6. The molecular weight excluding hydrogens is 262 g/mol. The second kappa shape index (κ2) is 6.79. The van der Waals surface area contributed by atoms with Gasteiger partial charge in [0, 0.05) is 19.5 Å². The molecule has 1 N–H and O–H groups in total. The first-order valence-electron chi connectivity index (χ1n) is 6.96. The average Bonchev–Trinajstić information content (AvgIpc) is 2.88. The zero-order valence-corrected chi connectivity index (χ0v) is 11.7. The summed E-state index contributed by atoms with van der Waals surface area (Å²) in [6.07, 6.45) is 1.48. The first-order chi connectivity index (χ1) is 9.60. The standard InChI is InChI=1S/C15H20F2N2O/c1-18-9-11-6-7-19(10-11)15(20)5-2-12-8-13(16)3-4-14(12)17/h3-4,8,11,18H,2,5-7,9-10H2,1H3. The fraction of sp³-hybridized carbons (Fsp3) is 0.533. The van der Waals surface area contributed by atoms with Gasteiger partial charge in [-0.15, -0.1) is 0 Å². The summed E-state index contributed by atoms with van der Waals surface area (Å²) in [6, 6.07) is 3.35. The molecule has 0 spiro atoms. The van der Waals surface area contributed by atoms with Crippen LogP contribution >= 0.6 is 0 Å². The van der Waals surface area contributed by atoms with Crippen LogP contribution in [0.5, 0.6) is 0 Å². The van der Waals surface area contributed by atoms with Crippen molar-refractivity contribution in [1.29, 1.82) is 0 Å². The quantitative estimate of drug-likeness (QED) is 0.895. The van der Waals surface area contributed by atoms with E-state index in [0.717, 1.165) is 44.3 Å². The molecule has 1 saturated heterocycles. The minimum atomic E-state index is -0.468. The summed E-state index contributed by atoms with van der Waals surface area (Å²) in [5.74, 6) is -0.403. The Morgan fingerprint density at radius 1 is 1.45 bits per heavy atom. The highest BCUT2D eigenvalue weighted by Gasteiger charge is 2.25. The Kier molecular flexibility index (Phi) is 5.06. The van der Waals surface area contributed by atoms with Crippen molar-refractivity contribution in [3.8, 4) is 0 Å². The van der Waals surface area contributed by atoms with E-state index in [1.807, 2.05) is 11.9 Å². The van der Waals surface area contributed by atoms with Gasteiger partial charge in [0.05, 0.1) is 0 Å². The van der Waals surface area contributed by atoms with Crippen molar-refractivity contribution in [2.24, 2.45) is 5.92 Å². The van der Waals surface area contributed by atoms with Crippen LogP contribution < -0.4 is 5.32 Å². The third-order valence-electron chi connectivity index (χ3n) is 3.75. The summed E-state index contributed by atoms with van der Waals surface area (Å²) in [5, 5.41) is 3.11. The summed E-state index contributed by atoms with van der Waals surface area (Å²) in [7, 11) is 1.90. The predicted octanol–water partition coefficient (Wildman–Crippen LogP) is 1.97. The lowest BCUT2D eigenvalue weighted by molar-refractivity contribution is -0.130. The third kappa shape index (κ3) is 3.76. The van der Waals surface area contributed by atoms with Gasteiger partial charge in [-0.2, -0.15) is 0 Å². The predicted molar refractivity (Wildman–Crippen MR) is 73.3 cm³/mol. The Balaban J connectivity index is 1.85. The molecule has 110 valence electrons. The highest BCUT2D eigenvalue weighted by Crippen LogP contribution is 2.18. The van der Waals surface area contributed by atoms with Gasteiger partial charge in [0.2, 0.25) is 5.91 Å². The molecule has 3 nitrogen and oxygen atoms in total. The molecule has 0 saturated carbocycles. The molecule has 0 bridgehead atoms. The summed E-state index contributed by atoms with van der Waals surface area (Å²) < 4.78 is 26.5. The molecule has 0 radical (unpaired) electrons. The molecule has 1 aliphatic rings. The molecule has 0 aromatic heterocycles. The molecule has 0 aliphatic carbocycles. The van der Waals surface area contributed by atoms with Gasteiger partial charge in [-0.25, -0.2) is 8.78 Å². The van der Waals surface area contributed by atoms with E-state index >= 15 is 0 Å². The topological polar surface area (TPSA) is 32.3 Å². The van der Waals surface area contributed by atoms with Gasteiger partial charge in [0.25, 0.3) is 0 Å². The van der Waals surface area contributed by atoms with E-state index in [-0.39, 0.29) is 24.3 Å². The van der Waals surface area contributed by atoms with E-state index in [1.54, 1.807) is 0 Å². The molecule has 1 aliphatic heterocycles. The molecule has 1 fully saturated rings. The van der Waals surface area contributed by atoms with Crippen molar-refractivity contribution < 1.29 is 13.6 Å². The molecular formula is C15H20F2N2O. The number of carbonyl (C=O) groups excluding carboxylic acids is 1. The number of amides is 1. The number of hydrogen-bond donors (Lipinski definition) is 1. The molecule has 1 aromatic carbocycles. The number of nitrogens with one attached hydrogen (secondary N) is 1. The molecule has 20 heavy (non-hydrogen) atoms. The van der Waals surface area contributed by atoms with Crippen LogP contribution in [-0.2, 0) is 11.2 Å². The van der Waals surface area contributed by atoms with E-state index in [2.05, 4.69) is 5.32 Å². The van der Waals surface area contributed by atoms with Crippen molar-refractivity contribution in [3.63, 3.8) is 0 Å². The fourth-order valence-corrected chi connectivity index (χ4v) is 2.65. The number of benzene rings is 1. The van der Waals surface area contributed by atoms with Gasteiger partial charge in [0.1, 0.15) is 11.6 Å². The van der Waals surface area contributed by atoms with Crippen LogP contribution in [0.15, 0.2) is 18.2 Å².